The van der Waals surface area contributed by atoms with E-state index in [4.69, 9.17) is 10.5 Å². The zero-order valence-corrected chi connectivity index (χ0v) is 16.5. The van der Waals surface area contributed by atoms with Gasteiger partial charge in [-0.2, -0.15) is 0 Å². The molecular formula is C21H27N5O3. The monoisotopic (exact) mass is 397 g/mol. The van der Waals surface area contributed by atoms with Crippen LogP contribution in [0.3, 0.4) is 0 Å². The third kappa shape index (κ3) is 5.74. The van der Waals surface area contributed by atoms with Crippen molar-refractivity contribution in [2.75, 3.05) is 19.4 Å². The van der Waals surface area contributed by atoms with Crippen LogP contribution in [-0.2, 0) is 16.0 Å². The molecule has 1 fully saturated rings. The van der Waals surface area contributed by atoms with Gasteiger partial charge in [-0.15, -0.1) is 0 Å². The largest absolute Gasteiger partial charge is 0.384 e. The van der Waals surface area contributed by atoms with E-state index in [0.717, 1.165) is 18.4 Å². The fraction of sp³-hybridized carbons (Fsp3) is 0.429. The molecular weight excluding hydrogens is 370 g/mol. The number of hydrogen-bond donors (Lipinski definition) is 3. The lowest BCUT2D eigenvalue weighted by Gasteiger charge is -2.35. The summed E-state index contributed by atoms with van der Waals surface area (Å²) in [5.41, 5.74) is 7.04. The van der Waals surface area contributed by atoms with Gasteiger partial charge in [-0.05, 0) is 55.5 Å². The molecule has 0 spiro atoms. The highest BCUT2D eigenvalue weighted by atomic mass is 16.5. The summed E-state index contributed by atoms with van der Waals surface area (Å²) in [5, 5.41) is 5.97. The zero-order valence-electron chi connectivity index (χ0n) is 16.5. The van der Waals surface area contributed by atoms with Crippen LogP contribution in [-0.4, -0.2) is 47.6 Å². The van der Waals surface area contributed by atoms with Gasteiger partial charge in [-0.3, -0.25) is 14.6 Å². The molecule has 1 saturated carbocycles. The average molecular weight is 397 g/mol. The molecule has 2 heterocycles. The summed E-state index contributed by atoms with van der Waals surface area (Å²) >= 11 is 0. The Labute approximate surface area is 170 Å². The second kappa shape index (κ2) is 9.97. The van der Waals surface area contributed by atoms with Crippen molar-refractivity contribution in [3.8, 4) is 0 Å². The molecule has 29 heavy (non-hydrogen) atoms. The minimum Gasteiger partial charge on any atom is -0.384 e. The van der Waals surface area contributed by atoms with Crippen molar-refractivity contribution < 1.29 is 14.3 Å². The highest BCUT2D eigenvalue weighted by Gasteiger charge is 2.35. The summed E-state index contributed by atoms with van der Waals surface area (Å²) in [6.45, 7) is 0.567. The molecule has 4 N–H and O–H groups in total. The average Bonchev–Trinajstić information content (AvgIpc) is 2.74. The Morgan fingerprint density at radius 3 is 2.72 bits per heavy atom. The van der Waals surface area contributed by atoms with E-state index in [9.17, 15) is 9.59 Å². The number of nitrogens with two attached hydrogens (primary N) is 1. The first kappa shape index (κ1) is 20.7. The lowest BCUT2D eigenvalue weighted by molar-refractivity contribution is -0.127. The summed E-state index contributed by atoms with van der Waals surface area (Å²) < 4.78 is 5.53. The Morgan fingerprint density at radius 2 is 2.00 bits per heavy atom. The predicted molar refractivity (Wildman–Crippen MR) is 109 cm³/mol. The number of nitrogens with zero attached hydrogens (tertiary/aromatic N) is 2. The first-order valence-corrected chi connectivity index (χ1v) is 9.79. The van der Waals surface area contributed by atoms with Crippen LogP contribution >= 0.6 is 0 Å². The second-order valence-electron chi connectivity index (χ2n) is 7.21. The van der Waals surface area contributed by atoms with Gasteiger partial charge < -0.3 is 21.1 Å². The van der Waals surface area contributed by atoms with Crippen LogP contribution in [0.5, 0.6) is 0 Å². The Bertz CT molecular complexity index is 830. The molecule has 0 saturated heterocycles. The summed E-state index contributed by atoms with van der Waals surface area (Å²) in [7, 11) is 1.62. The molecule has 8 heteroatoms. The number of pyridine rings is 2. The van der Waals surface area contributed by atoms with Gasteiger partial charge in [-0.1, -0.05) is 6.07 Å². The molecule has 2 aromatic rings. The van der Waals surface area contributed by atoms with Gasteiger partial charge in [-0.25, -0.2) is 4.98 Å². The number of nitrogens with one attached hydrogen (secondary N) is 2. The fourth-order valence-corrected chi connectivity index (χ4v) is 3.66. The van der Waals surface area contributed by atoms with E-state index in [1.807, 2.05) is 12.1 Å². The standard InChI is InChI=1S/C21H27N5O3/c1-29-18-6-5-15(20(27)24-12-9-14-7-10-23-11-8-14)13-17(18)26-21(28)16-3-2-4-19(22)25-16/h2-4,7-8,10-11,15,17-18H,5-6,9,12-13H2,1H3,(H2,22,25)(H,24,27)(H,26,28)/t15-,17+,18+/m0/s1. The number of amides is 2. The van der Waals surface area contributed by atoms with E-state index < -0.39 is 0 Å². The van der Waals surface area contributed by atoms with E-state index in [-0.39, 0.29) is 41.4 Å². The molecule has 0 aromatic carbocycles. The summed E-state index contributed by atoms with van der Waals surface area (Å²) in [5.74, 6) is -0.188. The maximum absolute atomic E-state index is 12.6. The van der Waals surface area contributed by atoms with E-state index in [1.165, 1.54) is 0 Å². The number of carbonyl (C=O) groups excluding carboxylic acids is 2. The van der Waals surface area contributed by atoms with Crippen molar-refractivity contribution >= 4 is 17.6 Å². The molecule has 0 radical (unpaired) electrons. The maximum Gasteiger partial charge on any atom is 0.270 e. The number of nitrogen functional groups attached to an aromatic ring is 1. The van der Waals surface area contributed by atoms with Crippen molar-refractivity contribution in [3.63, 3.8) is 0 Å². The summed E-state index contributed by atoms with van der Waals surface area (Å²) in [6, 6.07) is 8.53. The van der Waals surface area contributed by atoms with Gasteiger partial charge in [0.2, 0.25) is 5.91 Å². The van der Waals surface area contributed by atoms with Crippen LogP contribution in [0, 0.1) is 5.92 Å². The molecule has 2 aromatic heterocycles. The number of carbonyl (C=O) groups is 2. The lowest BCUT2D eigenvalue weighted by Crippen LogP contribution is -2.50. The topological polar surface area (TPSA) is 119 Å². The normalized spacial score (nSPS) is 21.3. The molecule has 154 valence electrons. The molecule has 2 amide bonds. The van der Waals surface area contributed by atoms with Crippen molar-refractivity contribution in [2.45, 2.75) is 37.8 Å². The van der Waals surface area contributed by atoms with E-state index in [2.05, 4.69) is 20.6 Å². The Morgan fingerprint density at radius 1 is 1.21 bits per heavy atom. The number of anilines is 1. The molecule has 1 aliphatic carbocycles. The van der Waals surface area contributed by atoms with Crippen LogP contribution in [0.15, 0.2) is 42.7 Å². The number of methoxy groups -OCH3 is 1. The van der Waals surface area contributed by atoms with Crippen molar-refractivity contribution in [2.24, 2.45) is 5.92 Å². The van der Waals surface area contributed by atoms with Crippen LogP contribution in [0.2, 0.25) is 0 Å². The first-order chi connectivity index (χ1) is 14.1. The van der Waals surface area contributed by atoms with Crippen LogP contribution in [0.1, 0.15) is 35.3 Å². The van der Waals surface area contributed by atoms with E-state index in [1.54, 1.807) is 37.7 Å². The zero-order chi connectivity index (χ0) is 20.6. The Hall–Kier alpha value is -3.00. The van der Waals surface area contributed by atoms with Gasteiger partial charge in [0, 0.05) is 32.0 Å². The predicted octanol–water partition coefficient (Wildman–Crippen LogP) is 1.33. The SMILES string of the molecule is CO[C@@H]1CC[C@H](C(=O)NCCc2ccncc2)C[C@H]1NC(=O)c1cccc(N)n1. The summed E-state index contributed by atoms with van der Waals surface area (Å²) in [6.07, 6.45) is 6.05. The van der Waals surface area contributed by atoms with E-state index >= 15 is 0 Å². The van der Waals surface area contributed by atoms with Gasteiger partial charge in [0.1, 0.15) is 11.5 Å². The minimum absolute atomic E-state index is 0.00920. The van der Waals surface area contributed by atoms with Crippen LogP contribution in [0.4, 0.5) is 5.82 Å². The smallest absolute Gasteiger partial charge is 0.270 e. The highest BCUT2D eigenvalue weighted by molar-refractivity contribution is 5.92. The molecule has 0 unspecified atom stereocenters. The molecule has 8 nitrogen and oxygen atoms in total. The van der Waals surface area contributed by atoms with Gasteiger partial charge >= 0.3 is 0 Å². The Balaban J connectivity index is 1.55. The Kier molecular flexibility index (Phi) is 7.13. The van der Waals surface area contributed by atoms with Gasteiger partial charge in [0.15, 0.2) is 0 Å². The van der Waals surface area contributed by atoms with Gasteiger partial charge in [0.05, 0.1) is 12.1 Å². The van der Waals surface area contributed by atoms with Crippen LogP contribution in [0.25, 0.3) is 0 Å². The minimum atomic E-state index is -0.317. The third-order valence-corrected chi connectivity index (χ3v) is 5.24. The quantitative estimate of drug-likeness (QED) is 0.648. The molecule has 1 aliphatic rings. The van der Waals surface area contributed by atoms with Crippen molar-refractivity contribution in [1.82, 2.24) is 20.6 Å². The number of hydrogen-bond acceptors (Lipinski definition) is 6. The lowest BCUT2D eigenvalue weighted by atomic mass is 9.83. The van der Waals surface area contributed by atoms with Gasteiger partial charge in [0.25, 0.3) is 5.91 Å². The second-order valence-corrected chi connectivity index (χ2v) is 7.21. The summed E-state index contributed by atoms with van der Waals surface area (Å²) in [4.78, 5) is 33.2. The number of ether oxygens (including phenoxy) is 1. The highest BCUT2D eigenvalue weighted by Crippen LogP contribution is 2.27. The van der Waals surface area contributed by atoms with E-state index in [0.29, 0.717) is 19.4 Å². The number of aromatic nitrogens is 2. The molecule has 3 rings (SSSR count). The first-order valence-electron chi connectivity index (χ1n) is 9.79. The molecule has 0 bridgehead atoms. The third-order valence-electron chi connectivity index (χ3n) is 5.24. The van der Waals surface area contributed by atoms with Crippen molar-refractivity contribution in [3.05, 3.63) is 54.0 Å². The molecule has 3 atom stereocenters. The number of rotatable bonds is 7. The molecule has 0 aliphatic heterocycles. The van der Waals surface area contributed by atoms with Crippen LogP contribution < -0.4 is 16.4 Å². The fourth-order valence-electron chi connectivity index (χ4n) is 3.66. The van der Waals surface area contributed by atoms with Crippen molar-refractivity contribution in [1.29, 1.82) is 0 Å². The maximum atomic E-state index is 12.6.